The molecule has 2 atom stereocenters. The zero-order valence-electron chi connectivity index (χ0n) is 10.4. The molecular formula is C11H25NS2. The monoisotopic (exact) mass is 235 g/mol. The number of hydrogen-bond acceptors (Lipinski definition) is 3. The predicted octanol–water partition coefficient (Wildman–Crippen LogP) is 3.25. The molecule has 0 aromatic carbocycles. The zero-order chi connectivity index (χ0) is 11.2. The number of nitrogens with one attached hydrogen (secondary N) is 1. The molecule has 3 heteroatoms. The molecule has 0 aliphatic rings. The van der Waals surface area contributed by atoms with Crippen molar-refractivity contribution in [1.82, 2.24) is 5.32 Å². The molecule has 0 aromatic rings. The van der Waals surface area contributed by atoms with E-state index in [9.17, 15) is 0 Å². The fourth-order valence-corrected chi connectivity index (χ4v) is 2.65. The Morgan fingerprint density at radius 2 is 1.57 bits per heavy atom. The van der Waals surface area contributed by atoms with E-state index in [-0.39, 0.29) is 0 Å². The topological polar surface area (TPSA) is 12.0 Å². The Morgan fingerprint density at radius 1 is 1.07 bits per heavy atom. The molecule has 0 fully saturated rings. The van der Waals surface area contributed by atoms with Crippen LogP contribution in [-0.2, 0) is 0 Å². The van der Waals surface area contributed by atoms with Gasteiger partial charge in [0.25, 0.3) is 0 Å². The van der Waals surface area contributed by atoms with Crippen molar-refractivity contribution in [2.45, 2.75) is 51.4 Å². The lowest BCUT2D eigenvalue weighted by Gasteiger charge is -2.23. The van der Waals surface area contributed by atoms with Gasteiger partial charge >= 0.3 is 0 Å². The second kappa shape index (κ2) is 7.02. The smallest absolute Gasteiger partial charge is 0.0132 e. The second-order valence-electron chi connectivity index (χ2n) is 4.85. The van der Waals surface area contributed by atoms with Crippen LogP contribution in [0.1, 0.15) is 34.6 Å². The minimum atomic E-state index is 0.388. The molecular weight excluding hydrogens is 210 g/mol. The summed E-state index contributed by atoms with van der Waals surface area (Å²) in [7, 11) is 0. The van der Waals surface area contributed by atoms with Crippen molar-refractivity contribution in [2.75, 3.05) is 17.8 Å². The third-order valence-corrected chi connectivity index (χ3v) is 4.12. The average molecular weight is 235 g/mol. The highest BCUT2D eigenvalue weighted by atomic mass is 32.2. The molecule has 1 nitrogen and oxygen atoms in total. The van der Waals surface area contributed by atoms with Crippen LogP contribution in [0.2, 0.25) is 0 Å². The van der Waals surface area contributed by atoms with E-state index >= 15 is 0 Å². The lowest BCUT2D eigenvalue weighted by Crippen LogP contribution is -2.38. The van der Waals surface area contributed by atoms with E-state index < -0.39 is 0 Å². The van der Waals surface area contributed by atoms with Gasteiger partial charge in [-0.3, -0.25) is 0 Å². The summed E-state index contributed by atoms with van der Waals surface area (Å²) in [5.41, 5.74) is 0. The first kappa shape index (κ1) is 14.7. The summed E-state index contributed by atoms with van der Waals surface area (Å²) in [6, 6.07) is 1.24. The summed E-state index contributed by atoms with van der Waals surface area (Å²) in [5.74, 6) is 2.40. The maximum atomic E-state index is 3.61. The molecule has 0 aliphatic heterocycles. The quantitative estimate of drug-likeness (QED) is 0.759. The average Bonchev–Trinajstić information content (AvgIpc) is 2.00. The Hall–Kier alpha value is 0.660. The largest absolute Gasteiger partial charge is 0.310 e. The van der Waals surface area contributed by atoms with Gasteiger partial charge in [0.15, 0.2) is 0 Å². The Labute approximate surface area is 98.2 Å². The van der Waals surface area contributed by atoms with Gasteiger partial charge in [0.05, 0.1) is 0 Å². The molecule has 0 aliphatic carbocycles. The Morgan fingerprint density at radius 3 is 2.00 bits per heavy atom. The van der Waals surface area contributed by atoms with Gasteiger partial charge in [-0.05, 0) is 20.1 Å². The molecule has 0 saturated heterocycles. The van der Waals surface area contributed by atoms with Gasteiger partial charge in [-0.25, -0.2) is 0 Å². The van der Waals surface area contributed by atoms with Crippen LogP contribution in [-0.4, -0.2) is 34.6 Å². The van der Waals surface area contributed by atoms with E-state index in [0.717, 1.165) is 0 Å². The minimum absolute atomic E-state index is 0.388. The van der Waals surface area contributed by atoms with Crippen LogP contribution in [0, 0.1) is 0 Å². The highest BCUT2D eigenvalue weighted by Crippen LogP contribution is 2.23. The van der Waals surface area contributed by atoms with Gasteiger partial charge in [0, 0.05) is 28.3 Å². The normalized spacial score (nSPS) is 16.7. The fraction of sp³-hybridized carbons (Fsp3) is 1.00. The first-order valence-corrected chi connectivity index (χ1v) is 7.62. The molecule has 0 rings (SSSR count). The van der Waals surface area contributed by atoms with Crippen molar-refractivity contribution in [3.63, 3.8) is 0 Å². The van der Waals surface area contributed by atoms with Crippen molar-refractivity contribution in [2.24, 2.45) is 0 Å². The zero-order valence-corrected chi connectivity index (χ0v) is 12.0. The van der Waals surface area contributed by atoms with E-state index in [1.54, 1.807) is 0 Å². The standard InChI is InChI=1S/C11H25NS2/c1-9(7-13-6)12-10(2)8-14-11(3,4)5/h9-10,12H,7-8H2,1-6H3. The number of hydrogen-bond donors (Lipinski definition) is 1. The van der Waals surface area contributed by atoms with Crippen LogP contribution < -0.4 is 5.32 Å². The maximum absolute atomic E-state index is 3.61. The lowest BCUT2D eigenvalue weighted by molar-refractivity contribution is 0.527. The van der Waals surface area contributed by atoms with E-state index in [2.05, 4.69) is 46.2 Å². The summed E-state index contributed by atoms with van der Waals surface area (Å²) in [6.45, 7) is 11.4. The van der Waals surface area contributed by atoms with Crippen molar-refractivity contribution in [3.05, 3.63) is 0 Å². The van der Waals surface area contributed by atoms with Crippen molar-refractivity contribution in [1.29, 1.82) is 0 Å². The molecule has 1 N–H and O–H groups in total. The second-order valence-corrected chi connectivity index (χ2v) is 7.60. The van der Waals surface area contributed by atoms with Gasteiger partial charge in [0.1, 0.15) is 0 Å². The Kier molecular flexibility index (Phi) is 7.35. The fourth-order valence-electron chi connectivity index (χ4n) is 1.21. The molecule has 0 heterocycles. The summed E-state index contributed by atoms with van der Waals surface area (Å²) in [4.78, 5) is 0. The van der Waals surface area contributed by atoms with Crippen LogP contribution in [0.4, 0.5) is 0 Å². The molecule has 14 heavy (non-hydrogen) atoms. The molecule has 0 saturated carbocycles. The van der Waals surface area contributed by atoms with Crippen molar-refractivity contribution in [3.8, 4) is 0 Å². The molecule has 0 radical (unpaired) electrons. The summed E-state index contributed by atoms with van der Waals surface area (Å²) in [6.07, 6.45) is 2.16. The van der Waals surface area contributed by atoms with E-state index in [1.165, 1.54) is 11.5 Å². The van der Waals surface area contributed by atoms with Gasteiger partial charge in [0.2, 0.25) is 0 Å². The van der Waals surface area contributed by atoms with Gasteiger partial charge in [-0.15, -0.1) is 0 Å². The SMILES string of the molecule is CSCC(C)NC(C)CSC(C)(C)C. The van der Waals surface area contributed by atoms with E-state index in [0.29, 0.717) is 16.8 Å². The highest BCUT2D eigenvalue weighted by molar-refractivity contribution is 8.00. The van der Waals surface area contributed by atoms with E-state index in [4.69, 9.17) is 0 Å². The predicted molar refractivity (Wildman–Crippen MR) is 72.7 cm³/mol. The molecule has 2 unspecified atom stereocenters. The summed E-state index contributed by atoms with van der Waals surface area (Å²) in [5, 5.41) is 3.61. The van der Waals surface area contributed by atoms with Gasteiger partial charge in [-0.1, -0.05) is 20.8 Å². The first-order chi connectivity index (χ1) is 6.35. The van der Waals surface area contributed by atoms with Crippen LogP contribution in [0.5, 0.6) is 0 Å². The highest BCUT2D eigenvalue weighted by Gasteiger charge is 2.13. The number of rotatable bonds is 6. The van der Waals surface area contributed by atoms with Crippen molar-refractivity contribution >= 4 is 23.5 Å². The van der Waals surface area contributed by atoms with Crippen LogP contribution in [0.15, 0.2) is 0 Å². The summed E-state index contributed by atoms with van der Waals surface area (Å²) < 4.78 is 0.388. The van der Waals surface area contributed by atoms with Crippen LogP contribution in [0.25, 0.3) is 0 Å². The Balaban J connectivity index is 3.59. The minimum Gasteiger partial charge on any atom is -0.310 e. The number of thioether (sulfide) groups is 2. The molecule has 86 valence electrons. The third-order valence-electron chi connectivity index (χ3n) is 1.75. The molecule has 0 amide bonds. The molecule has 0 spiro atoms. The third kappa shape index (κ3) is 9.22. The van der Waals surface area contributed by atoms with E-state index in [1.807, 2.05) is 23.5 Å². The van der Waals surface area contributed by atoms with Crippen molar-refractivity contribution < 1.29 is 0 Å². The van der Waals surface area contributed by atoms with Gasteiger partial charge in [-0.2, -0.15) is 23.5 Å². The first-order valence-electron chi connectivity index (χ1n) is 5.24. The maximum Gasteiger partial charge on any atom is 0.0132 e. The molecule has 0 bridgehead atoms. The molecule has 0 aromatic heterocycles. The van der Waals surface area contributed by atoms with Crippen LogP contribution in [0.3, 0.4) is 0 Å². The summed E-state index contributed by atoms with van der Waals surface area (Å²) >= 11 is 3.94. The Bertz CT molecular complexity index is 143. The lowest BCUT2D eigenvalue weighted by atomic mass is 10.3. The van der Waals surface area contributed by atoms with Crippen LogP contribution >= 0.6 is 23.5 Å². The van der Waals surface area contributed by atoms with Gasteiger partial charge < -0.3 is 5.32 Å².